The molecule has 1 aliphatic rings. The minimum absolute atomic E-state index is 0.0108. The van der Waals surface area contributed by atoms with Crippen LogP contribution in [-0.4, -0.2) is 85.6 Å². The summed E-state index contributed by atoms with van der Waals surface area (Å²) in [4.78, 5) is 69.8. The molecule has 51 heavy (non-hydrogen) atoms. The summed E-state index contributed by atoms with van der Waals surface area (Å²) in [5, 5.41) is 12.6. The van der Waals surface area contributed by atoms with E-state index in [1.54, 1.807) is 10.8 Å². The van der Waals surface area contributed by atoms with Crippen LogP contribution in [0.5, 0.6) is 0 Å². The van der Waals surface area contributed by atoms with Crippen LogP contribution < -0.4 is 11.1 Å². The lowest BCUT2D eigenvalue weighted by atomic mass is 9.84. The van der Waals surface area contributed by atoms with Gasteiger partial charge >= 0.3 is 0 Å². The summed E-state index contributed by atoms with van der Waals surface area (Å²) >= 11 is 0. The van der Waals surface area contributed by atoms with Crippen molar-refractivity contribution in [1.82, 2.24) is 24.7 Å². The number of carbonyl (C=O) groups is 5. The van der Waals surface area contributed by atoms with Gasteiger partial charge in [0.15, 0.2) is 5.78 Å². The number of aliphatic hydroxyl groups excluding tert-OH is 1. The minimum atomic E-state index is -1.15. The minimum Gasteiger partial charge on any atom is -0.387 e. The molecule has 0 spiro atoms. The molecule has 0 unspecified atom stereocenters. The predicted octanol–water partition coefficient (Wildman–Crippen LogP) is 3.28. The summed E-state index contributed by atoms with van der Waals surface area (Å²) in [5.74, 6) is -3.48. The largest absolute Gasteiger partial charge is 0.387 e. The molecule has 2 heterocycles. The number of amides is 4. The second kappa shape index (κ2) is 16.8. The normalized spacial score (nSPS) is 14.8. The molecule has 14 heteroatoms. The first-order valence-corrected chi connectivity index (χ1v) is 16.7. The molecular weight excluding hydrogens is 662 g/mol. The van der Waals surface area contributed by atoms with Crippen molar-refractivity contribution < 1.29 is 37.9 Å². The van der Waals surface area contributed by atoms with Crippen molar-refractivity contribution >= 4 is 29.4 Å². The predicted molar refractivity (Wildman–Crippen MR) is 184 cm³/mol. The molecule has 272 valence electrons. The molecule has 0 saturated heterocycles. The van der Waals surface area contributed by atoms with E-state index in [0.29, 0.717) is 5.82 Å². The van der Waals surface area contributed by atoms with Crippen LogP contribution in [0.3, 0.4) is 0 Å². The molecule has 0 fully saturated rings. The first-order valence-electron chi connectivity index (χ1n) is 16.7. The molecule has 12 nitrogen and oxygen atoms in total. The number of imidazole rings is 1. The van der Waals surface area contributed by atoms with Gasteiger partial charge in [0.1, 0.15) is 24.1 Å². The summed E-state index contributed by atoms with van der Waals surface area (Å²) in [6, 6.07) is 9.56. The molecule has 1 aliphatic heterocycles. The summed E-state index contributed by atoms with van der Waals surface area (Å²) < 4.78 is 31.0. The molecular formula is C37H44F2N6O6. The Morgan fingerprint density at radius 1 is 1.04 bits per heavy atom. The van der Waals surface area contributed by atoms with Crippen LogP contribution in [0, 0.1) is 17.0 Å². The van der Waals surface area contributed by atoms with Crippen molar-refractivity contribution in [3.8, 4) is 11.3 Å². The van der Waals surface area contributed by atoms with Gasteiger partial charge in [0.05, 0.1) is 23.8 Å². The molecule has 1 aromatic heterocycles. The summed E-state index contributed by atoms with van der Waals surface area (Å²) in [6.07, 6.45) is 4.11. The van der Waals surface area contributed by atoms with Gasteiger partial charge in [-0.2, -0.15) is 0 Å². The Bertz CT molecular complexity index is 1770. The first kappa shape index (κ1) is 38.7. The standard InChI is InChI=1S/C37H44F2N6O6/c1-23(30(47)11-8-17-44-31(48)14-15-32(44)49)41-36(51)28(40)16-18-45(33(50)22-46)34(37(2,3)4)35-42-29(26-19-25(38)12-13-27(26)39)21-43(35)20-24-9-6-5-7-10-24/h5-7,9-10,12-15,19,21,23,28,34,46H,8,11,16-18,20,22,40H2,1-4H3,(H,41,51)/t23-,28+,34+/m1/s1. The van der Waals surface area contributed by atoms with E-state index in [1.807, 2.05) is 51.1 Å². The Kier molecular flexibility index (Phi) is 12.7. The fourth-order valence-electron chi connectivity index (χ4n) is 5.95. The molecule has 0 radical (unpaired) electrons. The Balaban J connectivity index is 1.53. The number of Topliss-reactive ketones (excluding diaryl/α,β-unsaturated/α-hetero) is 1. The molecule has 0 bridgehead atoms. The Hall–Kier alpha value is -5.08. The number of benzene rings is 2. The second-order valence-corrected chi connectivity index (χ2v) is 13.6. The summed E-state index contributed by atoms with van der Waals surface area (Å²) in [5.41, 5.74) is 6.49. The maximum Gasteiger partial charge on any atom is 0.253 e. The van der Waals surface area contributed by atoms with Gasteiger partial charge in [-0.1, -0.05) is 51.1 Å². The van der Waals surface area contributed by atoms with Gasteiger partial charge in [-0.15, -0.1) is 0 Å². The smallest absolute Gasteiger partial charge is 0.253 e. The number of nitrogens with two attached hydrogens (primary N) is 1. The van der Waals surface area contributed by atoms with Gasteiger partial charge in [0.2, 0.25) is 11.8 Å². The maximum absolute atomic E-state index is 15.0. The van der Waals surface area contributed by atoms with Crippen molar-refractivity contribution in [2.24, 2.45) is 11.1 Å². The number of hydrogen-bond donors (Lipinski definition) is 3. The number of carbonyl (C=O) groups excluding carboxylic acids is 5. The molecule has 4 amide bonds. The van der Waals surface area contributed by atoms with E-state index < -0.39 is 65.4 Å². The van der Waals surface area contributed by atoms with E-state index in [9.17, 15) is 37.9 Å². The second-order valence-electron chi connectivity index (χ2n) is 13.6. The van der Waals surface area contributed by atoms with E-state index in [2.05, 4.69) is 5.32 Å². The van der Waals surface area contributed by atoms with Crippen molar-refractivity contribution in [2.45, 2.75) is 71.6 Å². The number of halogens is 2. The van der Waals surface area contributed by atoms with Crippen LogP contribution in [0.2, 0.25) is 0 Å². The van der Waals surface area contributed by atoms with E-state index in [-0.39, 0.29) is 55.9 Å². The third-order valence-electron chi connectivity index (χ3n) is 8.60. The highest BCUT2D eigenvalue weighted by molar-refractivity contribution is 6.12. The molecule has 3 aromatic rings. The van der Waals surface area contributed by atoms with Crippen LogP contribution in [0.25, 0.3) is 11.3 Å². The number of rotatable bonds is 16. The zero-order valence-corrected chi connectivity index (χ0v) is 29.1. The number of hydrogen-bond acceptors (Lipinski definition) is 8. The van der Waals surface area contributed by atoms with E-state index in [1.165, 1.54) is 11.8 Å². The Morgan fingerprint density at radius 3 is 2.33 bits per heavy atom. The fraction of sp³-hybridized carbons (Fsp3) is 0.405. The molecule has 4 rings (SSSR count). The molecule has 3 atom stereocenters. The quantitative estimate of drug-likeness (QED) is 0.191. The Morgan fingerprint density at radius 2 is 1.71 bits per heavy atom. The van der Waals surface area contributed by atoms with Crippen molar-refractivity contribution in [3.05, 3.63) is 89.9 Å². The van der Waals surface area contributed by atoms with E-state index in [4.69, 9.17) is 10.7 Å². The topological polar surface area (TPSA) is 168 Å². The number of nitrogens with one attached hydrogen (secondary N) is 1. The highest BCUT2D eigenvalue weighted by atomic mass is 19.1. The number of imide groups is 1. The lowest BCUT2D eigenvalue weighted by Crippen LogP contribution is -2.50. The highest BCUT2D eigenvalue weighted by Crippen LogP contribution is 2.39. The van der Waals surface area contributed by atoms with Gasteiger partial charge < -0.3 is 25.6 Å². The fourth-order valence-corrected chi connectivity index (χ4v) is 5.95. The average Bonchev–Trinajstić information content (AvgIpc) is 3.64. The van der Waals surface area contributed by atoms with Crippen LogP contribution in [0.4, 0.5) is 8.78 Å². The maximum atomic E-state index is 15.0. The lowest BCUT2D eigenvalue weighted by Gasteiger charge is -2.40. The highest BCUT2D eigenvalue weighted by Gasteiger charge is 2.39. The van der Waals surface area contributed by atoms with Gasteiger partial charge in [-0.05, 0) is 48.9 Å². The van der Waals surface area contributed by atoms with Crippen molar-refractivity contribution in [2.75, 3.05) is 19.7 Å². The number of aromatic nitrogens is 2. The van der Waals surface area contributed by atoms with Gasteiger partial charge in [0, 0.05) is 50.0 Å². The van der Waals surface area contributed by atoms with Crippen LogP contribution in [-0.2, 0) is 30.5 Å². The third kappa shape index (κ3) is 9.79. The third-order valence-corrected chi connectivity index (χ3v) is 8.60. The summed E-state index contributed by atoms with van der Waals surface area (Å²) in [7, 11) is 0. The van der Waals surface area contributed by atoms with Gasteiger partial charge in [0.25, 0.3) is 11.8 Å². The average molecular weight is 707 g/mol. The van der Waals surface area contributed by atoms with E-state index >= 15 is 0 Å². The zero-order valence-electron chi connectivity index (χ0n) is 29.1. The molecule has 4 N–H and O–H groups in total. The number of aliphatic hydroxyl groups is 1. The molecule has 2 aromatic carbocycles. The van der Waals surface area contributed by atoms with Crippen LogP contribution in [0.15, 0.2) is 66.9 Å². The molecule has 0 aliphatic carbocycles. The first-order chi connectivity index (χ1) is 24.1. The lowest BCUT2D eigenvalue weighted by molar-refractivity contribution is -0.140. The number of ketones is 1. The van der Waals surface area contributed by atoms with E-state index in [0.717, 1.165) is 40.8 Å². The van der Waals surface area contributed by atoms with Crippen LogP contribution in [0.1, 0.15) is 64.4 Å². The SMILES string of the molecule is C[C@@H](NC(=O)[C@@H](N)CCN(C(=O)CO)[C@@H](c1nc(-c2cc(F)ccc2F)cn1Cc1ccccc1)C(C)(C)C)C(=O)CCCN1C(=O)C=CC1=O. The molecule has 0 saturated carbocycles. The van der Waals surface area contributed by atoms with Crippen LogP contribution >= 0.6 is 0 Å². The summed E-state index contributed by atoms with van der Waals surface area (Å²) in [6.45, 7) is 6.51. The zero-order chi connectivity index (χ0) is 37.5. The van der Waals surface area contributed by atoms with Crippen molar-refractivity contribution in [3.63, 3.8) is 0 Å². The number of nitrogens with zero attached hydrogens (tertiary/aromatic N) is 4. The Labute approximate surface area is 295 Å². The van der Waals surface area contributed by atoms with Gasteiger partial charge in [-0.25, -0.2) is 13.8 Å². The monoisotopic (exact) mass is 706 g/mol. The van der Waals surface area contributed by atoms with Crippen molar-refractivity contribution in [1.29, 1.82) is 0 Å². The van der Waals surface area contributed by atoms with Gasteiger partial charge in [-0.3, -0.25) is 28.9 Å².